The third-order valence-corrected chi connectivity index (χ3v) is 6.88. The fourth-order valence-corrected chi connectivity index (χ4v) is 4.77. The van der Waals surface area contributed by atoms with Gasteiger partial charge in [0.25, 0.3) is 11.8 Å². The van der Waals surface area contributed by atoms with E-state index in [2.05, 4.69) is 0 Å². The van der Waals surface area contributed by atoms with Crippen molar-refractivity contribution in [3.05, 3.63) is 107 Å². The number of Topliss-reactive ketones (excluding diaryl/α,β-unsaturated/α-hetero) is 1. The number of methoxy groups -OCH3 is 2. The van der Waals surface area contributed by atoms with Crippen LogP contribution in [0.1, 0.15) is 33.2 Å². The predicted molar refractivity (Wildman–Crippen MR) is 141 cm³/mol. The van der Waals surface area contributed by atoms with E-state index in [-0.39, 0.29) is 41.3 Å². The molecular formula is C30H26F4N2O5. The Hall–Kier alpha value is -4.67. The van der Waals surface area contributed by atoms with Gasteiger partial charge in [-0.2, -0.15) is 13.2 Å². The van der Waals surface area contributed by atoms with Gasteiger partial charge in [-0.3, -0.25) is 14.4 Å². The minimum absolute atomic E-state index is 0.0632. The zero-order chi connectivity index (χ0) is 29.9. The van der Waals surface area contributed by atoms with E-state index in [1.165, 1.54) is 87.9 Å². The highest BCUT2D eigenvalue weighted by atomic mass is 19.4. The molecule has 0 aromatic heterocycles. The van der Waals surface area contributed by atoms with Crippen LogP contribution in [0.2, 0.25) is 0 Å². The van der Waals surface area contributed by atoms with Crippen molar-refractivity contribution in [2.75, 3.05) is 20.8 Å². The van der Waals surface area contributed by atoms with E-state index >= 15 is 13.2 Å². The first-order valence-corrected chi connectivity index (χ1v) is 12.4. The number of nitrogens with one attached hydrogen (secondary N) is 1. The second kappa shape index (κ2) is 11.4. The normalized spacial score (nSPS) is 17.0. The molecule has 0 saturated heterocycles. The summed E-state index contributed by atoms with van der Waals surface area (Å²) < 4.78 is 69.1. The van der Waals surface area contributed by atoms with Crippen molar-refractivity contribution < 1.29 is 41.4 Å². The van der Waals surface area contributed by atoms with Crippen molar-refractivity contribution in [2.45, 2.75) is 25.1 Å². The van der Waals surface area contributed by atoms with Crippen LogP contribution in [0.3, 0.4) is 0 Å². The van der Waals surface area contributed by atoms with Crippen molar-refractivity contribution in [3.8, 4) is 11.5 Å². The number of ketones is 1. The first kappa shape index (κ1) is 29.3. The smallest absolute Gasteiger partial charge is 0.425 e. The van der Waals surface area contributed by atoms with Crippen LogP contribution < -0.4 is 14.8 Å². The van der Waals surface area contributed by atoms with Gasteiger partial charge in [0.05, 0.1) is 19.8 Å². The fourth-order valence-electron chi connectivity index (χ4n) is 4.77. The summed E-state index contributed by atoms with van der Waals surface area (Å²) in [5.41, 5.74) is -4.64. The Labute approximate surface area is 233 Å². The van der Waals surface area contributed by atoms with E-state index in [9.17, 15) is 18.8 Å². The summed E-state index contributed by atoms with van der Waals surface area (Å²) in [6.07, 6.45) is -5.35. The van der Waals surface area contributed by atoms with Crippen LogP contribution in [0.4, 0.5) is 17.6 Å². The van der Waals surface area contributed by atoms with Crippen molar-refractivity contribution >= 4 is 17.6 Å². The monoisotopic (exact) mass is 570 g/mol. The molecule has 214 valence electrons. The molecule has 3 aromatic rings. The van der Waals surface area contributed by atoms with E-state index in [4.69, 9.17) is 9.47 Å². The van der Waals surface area contributed by atoms with Crippen LogP contribution >= 0.6 is 0 Å². The van der Waals surface area contributed by atoms with E-state index in [0.29, 0.717) is 5.56 Å². The summed E-state index contributed by atoms with van der Waals surface area (Å²) in [5, 5.41) is 1.87. The lowest BCUT2D eigenvalue weighted by Gasteiger charge is -2.33. The molecule has 0 radical (unpaired) electrons. The highest BCUT2D eigenvalue weighted by Gasteiger charge is 2.70. The zero-order valence-electron chi connectivity index (χ0n) is 22.3. The number of carbonyl (C=O) groups is 3. The molecular weight excluding hydrogens is 544 g/mol. The van der Waals surface area contributed by atoms with Crippen LogP contribution in [0.15, 0.2) is 84.1 Å². The Morgan fingerprint density at radius 3 is 2.12 bits per heavy atom. The third-order valence-electron chi connectivity index (χ3n) is 6.88. The Kier molecular flexibility index (Phi) is 8.18. The number of hydrogen-bond acceptors (Lipinski definition) is 5. The Balaban J connectivity index is 1.82. The highest BCUT2D eigenvalue weighted by Crippen LogP contribution is 2.46. The fraction of sp³-hybridized carbons (Fsp3) is 0.233. The van der Waals surface area contributed by atoms with Crippen LogP contribution in [-0.4, -0.2) is 55.0 Å². The molecule has 4 rings (SSSR count). The topological polar surface area (TPSA) is 84.9 Å². The van der Waals surface area contributed by atoms with Gasteiger partial charge in [0.15, 0.2) is 17.3 Å². The molecule has 0 spiro atoms. The standard InChI is InChI=1S/C30H26F4N2O5/c1-18-25(26(37)20-7-5-4-6-8-20)29(30(32,33)34,28(39)36(18)16-15-19-9-12-22(31)13-10-19)35-27(38)21-11-14-23(40-2)24(17-21)41-3/h4-14,17H,15-16H2,1-3H3,(H,35,38)/t29-/m0/s1. The van der Waals surface area contributed by atoms with E-state index in [1.807, 2.05) is 5.32 Å². The number of alkyl halides is 3. The minimum atomic E-state index is -5.41. The van der Waals surface area contributed by atoms with Gasteiger partial charge in [-0.05, 0) is 49.2 Å². The van der Waals surface area contributed by atoms with Gasteiger partial charge >= 0.3 is 6.18 Å². The van der Waals surface area contributed by atoms with E-state index in [0.717, 1.165) is 4.90 Å². The van der Waals surface area contributed by atoms with Crippen molar-refractivity contribution in [2.24, 2.45) is 0 Å². The Bertz CT molecular complexity index is 1500. The first-order chi connectivity index (χ1) is 19.4. The molecule has 41 heavy (non-hydrogen) atoms. The molecule has 7 nitrogen and oxygen atoms in total. The van der Waals surface area contributed by atoms with Crippen molar-refractivity contribution in [1.82, 2.24) is 10.2 Å². The largest absolute Gasteiger partial charge is 0.493 e. The molecule has 2 amide bonds. The van der Waals surface area contributed by atoms with Gasteiger partial charge in [0.2, 0.25) is 5.54 Å². The summed E-state index contributed by atoms with van der Waals surface area (Å²) in [6, 6.07) is 16.2. The third kappa shape index (κ3) is 5.39. The van der Waals surface area contributed by atoms with Crippen molar-refractivity contribution in [1.29, 1.82) is 0 Å². The SMILES string of the molecule is COc1ccc(C(=O)N[C@]2(C(F)(F)F)C(=O)N(CCc3ccc(F)cc3)C(C)=C2C(=O)c2ccccc2)cc1OC. The maximum absolute atomic E-state index is 15.2. The number of rotatable bonds is 9. The summed E-state index contributed by atoms with van der Waals surface area (Å²) >= 11 is 0. The summed E-state index contributed by atoms with van der Waals surface area (Å²) in [5.74, 6) is -4.04. The number of halogens is 4. The average molecular weight is 571 g/mol. The molecule has 1 N–H and O–H groups in total. The lowest BCUT2D eigenvalue weighted by atomic mass is 9.84. The molecule has 1 aliphatic heterocycles. The molecule has 1 aliphatic rings. The number of ether oxygens (including phenoxy) is 2. The van der Waals surface area contributed by atoms with Crippen LogP contribution in [-0.2, 0) is 11.2 Å². The molecule has 3 aromatic carbocycles. The summed E-state index contributed by atoms with van der Waals surface area (Å²) in [6.45, 7) is 0.973. The number of carbonyl (C=O) groups excluding carboxylic acids is 3. The van der Waals surface area contributed by atoms with E-state index in [1.54, 1.807) is 6.07 Å². The maximum atomic E-state index is 15.2. The quantitative estimate of drug-likeness (QED) is 0.285. The molecule has 11 heteroatoms. The number of amides is 2. The molecule has 1 heterocycles. The molecule has 0 saturated carbocycles. The highest BCUT2D eigenvalue weighted by molar-refractivity contribution is 6.19. The second-order valence-electron chi connectivity index (χ2n) is 9.26. The van der Waals surface area contributed by atoms with Gasteiger partial charge < -0.3 is 19.7 Å². The lowest BCUT2D eigenvalue weighted by molar-refractivity contribution is -0.189. The molecule has 1 atom stereocenters. The summed E-state index contributed by atoms with van der Waals surface area (Å²) in [7, 11) is 2.64. The van der Waals surface area contributed by atoms with Gasteiger partial charge in [-0.15, -0.1) is 0 Å². The van der Waals surface area contributed by atoms with Crippen LogP contribution in [0.25, 0.3) is 0 Å². The zero-order valence-corrected chi connectivity index (χ0v) is 22.3. The van der Waals surface area contributed by atoms with Gasteiger partial charge in [-0.25, -0.2) is 4.39 Å². The van der Waals surface area contributed by atoms with Crippen LogP contribution in [0.5, 0.6) is 11.5 Å². The van der Waals surface area contributed by atoms with Crippen LogP contribution in [0, 0.1) is 5.82 Å². The Morgan fingerprint density at radius 2 is 1.54 bits per heavy atom. The number of allylic oxidation sites excluding steroid dienone is 1. The molecule has 0 bridgehead atoms. The summed E-state index contributed by atoms with van der Waals surface area (Å²) in [4.78, 5) is 41.6. The molecule has 0 fully saturated rings. The van der Waals surface area contributed by atoms with Gasteiger partial charge in [-0.1, -0.05) is 42.5 Å². The van der Waals surface area contributed by atoms with Gasteiger partial charge in [0, 0.05) is 23.4 Å². The number of benzene rings is 3. The Morgan fingerprint density at radius 1 is 0.902 bits per heavy atom. The average Bonchev–Trinajstić information content (AvgIpc) is 3.18. The minimum Gasteiger partial charge on any atom is -0.493 e. The maximum Gasteiger partial charge on any atom is 0.425 e. The first-order valence-electron chi connectivity index (χ1n) is 12.4. The number of nitrogens with zero attached hydrogens (tertiary/aromatic N) is 1. The second-order valence-corrected chi connectivity index (χ2v) is 9.26. The number of hydrogen-bond donors (Lipinski definition) is 1. The van der Waals surface area contributed by atoms with E-state index < -0.39 is 40.7 Å². The van der Waals surface area contributed by atoms with Gasteiger partial charge in [0.1, 0.15) is 5.82 Å². The predicted octanol–water partition coefficient (Wildman–Crippen LogP) is 5.12. The molecule has 0 unspecified atom stereocenters. The molecule has 0 aliphatic carbocycles. The lowest BCUT2D eigenvalue weighted by Crippen LogP contribution is -2.66. The van der Waals surface area contributed by atoms with Crippen molar-refractivity contribution in [3.63, 3.8) is 0 Å².